The molecule has 1 atom stereocenters. The first-order valence-electron chi connectivity index (χ1n) is 10.1. The lowest BCUT2D eigenvalue weighted by molar-refractivity contribution is -0.125. The number of unbranched alkanes of at least 4 members (excludes halogenated alkanes) is 13. The van der Waals surface area contributed by atoms with Gasteiger partial charge in [0.25, 0.3) is 0 Å². The highest BCUT2D eigenvalue weighted by Gasteiger charge is 2.29. The molecule has 1 N–H and O–H groups in total. The molecule has 1 saturated heterocycles. The minimum atomic E-state index is -0.0923. The Morgan fingerprint density at radius 3 is 1.57 bits per heavy atom. The lowest BCUT2D eigenvalue weighted by atomic mass is 9.98. The lowest BCUT2D eigenvalue weighted by Gasteiger charge is -2.05. The highest BCUT2D eigenvalue weighted by molar-refractivity contribution is 6.03. The van der Waals surface area contributed by atoms with Crippen molar-refractivity contribution in [3.63, 3.8) is 0 Å². The minimum absolute atomic E-state index is 0.0418. The molecule has 3 nitrogen and oxygen atoms in total. The van der Waals surface area contributed by atoms with Crippen LogP contribution in [0.4, 0.5) is 0 Å². The molecule has 0 spiro atoms. The van der Waals surface area contributed by atoms with Gasteiger partial charge in [-0.15, -0.1) is 0 Å². The van der Waals surface area contributed by atoms with Gasteiger partial charge in [0.15, 0.2) is 0 Å². The van der Waals surface area contributed by atoms with Crippen molar-refractivity contribution < 1.29 is 9.59 Å². The molecule has 1 unspecified atom stereocenters. The first-order valence-corrected chi connectivity index (χ1v) is 10.1. The molecule has 0 aromatic heterocycles. The monoisotopic (exact) mass is 323 g/mol. The third-order valence-corrected chi connectivity index (χ3v) is 4.97. The van der Waals surface area contributed by atoms with E-state index in [-0.39, 0.29) is 17.7 Å². The summed E-state index contributed by atoms with van der Waals surface area (Å²) in [4.78, 5) is 22.5. The van der Waals surface area contributed by atoms with Gasteiger partial charge in [-0.3, -0.25) is 14.9 Å². The number of amides is 2. The van der Waals surface area contributed by atoms with Gasteiger partial charge in [0, 0.05) is 12.3 Å². The summed E-state index contributed by atoms with van der Waals surface area (Å²) in [5, 5.41) is 2.39. The van der Waals surface area contributed by atoms with Crippen molar-refractivity contribution in [2.45, 2.75) is 110 Å². The van der Waals surface area contributed by atoms with Crippen LogP contribution in [-0.4, -0.2) is 11.8 Å². The minimum Gasteiger partial charge on any atom is -0.296 e. The maximum atomic E-state index is 11.4. The topological polar surface area (TPSA) is 46.2 Å². The number of hydrogen-bond acceptors (Lipinski definition) is 2. The number of imide groups is 1. The van der Waals surface area contributed by atoms with Crippen LogP contribution in [0.15, 0.2) is 0 Å². The van der Waals surface area contributed by atoms with Gasteiger partial charge in [-0.2, -0.15) is 0 Å². The van der Waals surface area contributed by atoms with Crippen LogP contribution in [0.25, 0.3) is 0 Å². The normalized spacial score (nSPS) is 17.7. The van der Waals surface area contributed by atoms with Crippen molar-refractivity contribution in [2.24, 2.45) is 5.92 Å². The molecule has 1 rings (SSSR count). The van der Waals surface area contributed by atoms with Gasteiger partial charge in [-0.05, 0) is 6.42 Å². The standard InChI is InChI=1S/C20H37NO2/c1-2-3-4-5-6-7-8-9-10-11-12-13-14-15-16-18-17-19(22)21-20(18)23/h18H,2-17H2,1H3,(H,21,22,23). The highest BCUT2D eigenvalue weighted by atomic mass is 16.2. The Morgan fingerprint density at radius 1 is 0.739 bits per heavy atom. The van der Waals surface area contributed by atoms with Crippen LogP contribution >= 0.6 is 0 Å². The van der Waals surface area contributed by atoms with E-state index in [9.17, 15) is 9.59 Å². The molecule has 23 heavy (non-hydrogen) atoms. The molecular weight excluding hydrogens is 286 g/mol. The largest absolute Gasteiger partial charge is 0.296 e. The third kappa shape index (κ3) is 10.5. The van der Waals surface area contributed by atoms with Crippen molar-refractivity contribution in [3.8, 4) is 0 Å². The van der Waals surface area contributed by atoms with Crippen molar-refractivity contribution in [1.82, 2.24) is 5.32 Å². The Kier molecular flexibility index (Phi) is 11.9. The molecule has 0 aromatic carbocycles. The predicted octanol–water partition coefficient (Wildman–Crippen LogP) is 5.52. The molecule has 0 bridgehead atoms. The average Bonchev–Trinajstić information content (AvgIpc) is 2.85. The summed E-state index contributed by atoms with van der Waals surface area (Å²) in [6, 6.07) is 0. The predicted molar refractivity (Wildman–Crippen MR) is 96.2 cm³/mol. The molecule has 1 fully saturated rings. The zero-order valence-corrected chi connectivity index (χ0v) is 15.2. The Balaban J connectivity index is 1.75. The Morgan fingerprint density at radius 2 is 1.17 bits per heavy atom. The van der Waals surface area contributed by atoms with Gasteiger partial charge in [0.2, 0.25) is 11.8 Å². The van der Waals surface area contributed by atoms with E-state index >= 15 is 0 Å². The Hall–Kier alpha value is -0.860. The zero-order chi connectivity index (χ0) is 16.8. The van der Waals surface area contributed by atoms with Crippen LogP contribution in [0.5, 0.6) is 0 Å². The summed E-state index contributed by atoms with van der Waals surface area (Å²) in [6.07, 6.45) is 20.2. The fourth-order valence-corrected chi connectivity index (χ4v) is 3.43. The first-order chi connectivity index (χ1) is 11.2. The number of carbonyl (C=O) groups is 2. The third-order valence-electron chi connectivity index (χ3n) is 4.97. The van der Waals surface area contributed by atoms with Crippen LogP contribution in [0.2, 0.25) is 0 Å². The molecule has 134 valence electrons. The van der Waals surface area contributed by atoms with Gasteiger partial charge in [-0.25, -0.2) is 0 Å². The maximum Gasteiger partial charge on any atom is 0.230 e. The number of nitrogens with one attached hydrogen (secondary N) is 1. The zero-order valence-electron chi connectivity index (χ0n) is 15.2. The molecule has 1 aliphatic rings. The summed E-state index contributed by atoms with van der Waals surface area (Å²) < 4.78 is 0. The molecular formula is C20H37NO2. The fourth-order valence-electron chi connectivity index (χ4n) is 3.43. The molecule has 0 aliphatic carbocycles. The molecule has 0 saturated carbocycles. The Labute approximate surface area is 143 Å². The molecule has 1 heterocycles. The lowest BCUT2D eigenvalue weighted by Crippen LogP contribution is -2.21. The van der Waals surface area contributed by atoms with E-state index in [1.165, 1.54) is 83.5 Å². The molecule has 0 radical (unpaired) electrons. The number of carbonyl (C=O) groups excluding carboxylic acids is 2. The van der Waals surface area contributed by atoms with Gasteiger partial charge in [-0.1, -0.05) is 96.8 Å². The van der Waals surface area contributed by atoms with Gasteiger partial charge >= 0.3 is 0 Å². The van der Waals surface area contributed by atoms with E-state index in [4.69, 9.17) is 0 Å². The summed E-state index contributed by atoms with van der Waals surface area (Å²) >= 11 is 0. The highest BCUT2D eigenvalue weighted by Crippen LogP contribution is 2.19. The summed E-state index contributed by atoms with van der Waals surface area (Å²) in [7, 11) is 0. The Bertz CT molecular complexity index is 328. The summed E-state index contributed by atoms with van der Waals surface area (Å²) in [5.74, 6) is -0.185. The molecule has 0 aromatic rings. The van der Waals surface area contributed by atoms with Crippen molar-refractivity contribution >= 4 is 11.8 Å². The van der Waals surface area contributed by atoms with Crippen molar-refractivity contribution in [2.75, 3.05) is 0 Å². The fraction of sp³-hybridized carbons (Fsp3) is 0.900. The van der Waals surface area contributed by atoms with Crippen molar-refractivity contribution in [3.05, 3.63) is 0 Å². The first kappa shape index (κ1) is 20.2. The smallest absolute Gasteiger partial charge is 0.230 e. The van der Waals surface area contributed by atoms with E-state index in [0.29, 0.717) is 6.42 Å². The van der Waals surface area contributed by atoms with E-state index in [1.807, 2.05) is 0 Å². The number of hydrogen-bond donors (Lipinski definition) is 1. The molecule has 3 heteroatoms. The average molecular weight is 324 g/mol. The quantitative estimate of drug-likeness (QED) is 0.318. The van der Waals surface area contributed by atoms with Crippen LogP contribution in [0.1, 0.15) is 110 Å². The molecule has 2 amide bonds. The summed E-state index contributed by atoms with van der Waals surface area (Å²) in [5.41, 5.74) is 0. The second-order valence-electron chi connectivity index (χ2n) is 7.20. The van der Waals surface area contributed by atoms with E-state index in [2.05, 4.69) is 12.2 Å². The van der Waals surface area contributed by atoms with E-state index in [1.54, 1.807) is 0 Å². The van der Waals surface area contributed by atoms with Crippen LogP contribution < -0.4 is 5.32 Å². The van der Waals surface area contributed by atoms with Gasteiger partial charge < -0.3 is 0 Å². The van der Waals surface area contributed by atoms with Crippen LogP contribution in [-0.2, 0) is 9.59 Å². The van der Waals surface area contributed by atoms with E-state index < -0.39 is 0 Å². The molecule has 1 aliphatic heterocycles. The van der Waals surface area contributed by atoms with Crippen LogP contribution in [0.3, 0.4) is 0 Å². The summed E-state index contributed by atoms with van der Waals surface area (Å²) in [6.45, 7) is 2.27. The SMILES string of the molecule is CCCCCCCCCCCCCCCCC1CC(=O)NC1=O. The van der Waals surface area contributed by atoms with Crippen LogP contribution in [0, 0.1) is 5.92 Å². The second-order valence-corrected chi connectivity index (χ2v) is 7.20. The number of rotatable bonds is 15. The van der Waals surface area contributed by atoms with Gasteiger partial charge in [0.05, 0.1) is 0 Å². The maximum absolute atomic E-state index is 11.4. The second kappa shape index (κ2) is 13.6. The van der Waals surface area contributed by atoms with Crippen molar-refractivity contribution in [1.29, 1.82) is 0 Å². The van der Waals surface area contributed by atoms with Gasteiger partial charge in [0.1, 0.15) is 0 Å². The van der Waals surface area contributed by atoms with E-state index in [0.717, 1.165) is 12.8 Å².